The number of hydrogen-bond acceptors (Lipinski definition) is 2. The molecule has 3 aromatic carbocycles. The molecule has 3 aromatic rings. The van der Waals surface area contributed by atoms with Gasteiger partial charge in [-0.15, -0.1) is 0 Å². The van der Waals surface area contributed by atoms with E-state index in [1.807, 2.05) is 17.8 Å². The van der Waals surface area contributed by atoms with Crippen LogP contribution in [0.4, 0.5) is 0 Å². The van der Waals surface area contributed by atoms with Crippen molar-refractivity contribution in [3.63, 3.8) is 0 Å². The van der Waals surface area contributed by atoms with E-state index in [0.717, 1.165) is 18.1 Å². The van der Waals surface area contributed by atoms with Crippen LogP contribution in [0.25, 0.3) is 6.08 Å². The molecule has 132 valence electrons. The van der Waals surface area contributed by atoms with Crippen LogP contribution in [-0.2, 0) is 0 Å². The van der Waals surface area contributed by atoms with Crippen molar-refractivity contribution in [1.29, 1.82) is 0 Å². The van der Waals surface area contributed by atoms with Crippen LogP contribution in [0, 0.1) is 0 Å². The van der Waals surface area contributed by atoms with Crippen molar-refractivity contribution >= 4 is 17.8 Å². The Morgan fingerprint density at radius 1 is 0.731 bits per heavy atom. The Hall–Kier alpha value is -2.29. The Labute approximate surface area is 161 Å². The summed E-state index contributed by atoms with van der Waals surface area (Å²) in [5, 5.41) is 3.72. The third kappa shape index (κ3) is 5.91. The van der Waals surface area contributed by atoms with Gasteiger partial charge in [0.05, 0.1) is 6.04 Å². The van der Waals surface area contributed by atoms with Crippen LogP contribution in [0.5, 0.6) is 0 Å². The highest BCUT2D eigenvalue weighted by Gasteiger charge is 2.12. The van der Waals surface area contributed by atoms with Crippen LogP contribution in [0.15, 0.2) is 97.1 Å². The predicted octanol–water partition coefficient (Wildman–Crippen LogP) is 5.81. The molecule has 1 N–H and O–H groups in total. The second-order valence-corrected chi connectivity index (χ2v) is 7.25. The molecule has 2 heteroatoms. The Morgan fingerprint density at radius 2 is 1.27 bits per heavy atom. The normalized spacial score (nSPS) is 11.3. The van der Waals surface area contributed by atoms with E-state index in [4.69, 9.17) is 0 Å². The fraction of sp³-hybridized carbons (Fsp3) is 0.167. The van der Waals surface area contributed by atoms with E-state index in [-0.39, 0.29) is 6.04 Å². The van der Waals surface area contributed by atoms with Gasteiger partial charge in [0.25, 0.3) is 0 Å². The van der Waals surface area contributed by atoms with E-state index >= 15 is 0 Å². The molecule has 1 nitrogen and oxygen atoms in total. The minimum absolute atomic E-state index is 0.248. The Balaban J connectivity index is 1.47. The molecule has 0 spiro atoms. The van der Waals surface area contributed by atoms with Crippen LogP contribution in [0.3, 0.4) is 0 Å². The number of rotatable bonds is 9. The summed E-state index contributed by atoms with van der Waals surface area (Å²) in [5.41, 5.74) is 3.89. The fourth-order valence-corrected chi connectivity index (χ4v) is 3.56. The van der Waals surface area contributed by atoms with Crippen molar-refractivity contribution < 1.29 is 0 Å². The van der Waals surface area contributed by atoms with Gasteiger partial charge in [-0.25, -0.2) is 0 Å². The zero-order valence-corrected chi connectivity index (χ0v) is 15.7. The highest BCUT2D eigenvalue weighted by molar-refractivity contribution is 7.99. The van der Waals surface area contributed by atoms with Gasteiger partial charge in [-0.05, 0) is 16.7 Å². The van der Waals surface area contributed by atoms with Crippen molar-refractivity contribution in [3.8, 4) is 0 Å². The highest BCUT2D eigenvalue weighted by atomic mass is 32.2. The average Bonchev–Trinajstić information content (AvgIpc) is 2.72. The van der Waals surface area contributed by atoms with Crippen LogP contribution in [-0.4, -0.2) is 18.1 Å². The summed E-state index contributed by atoms with van der Waals surface area (Å²) >= 11 is 1.96. The van der Waals surface area contributed by atoms with E-state index in [0.29, 0.717) is 0 Å². The molecule has 0 saturated heterocycles. The molecule has 0 saturated carbocycles. The lowest BCUT2D eigenvalue weighted by Gasteiger charge is -2.19. The molecule has 0 aliphatic heterocycles. The third-order valence-electron chi connectivity index (χ3n) is 4.18. The molecule has 0 amide bonds. The van der Waals surface area contributed by atoms with Gasteiger partial charge in [-0.1, -0.05) is 103 Å². The van der Waals surface area contributed by atoms with E-state index in [1.165, 1.54) is 16.7 Å². The second-order valence-electron chi connectivity index (χ2n) is 6.10. The molecule has 0 heterocycles. The first-order chi connectivity index (χ1) is 12.9. The van der Waals surface area contributed by atoms with Crippen LogP contribution < -0.4 is 5.32 Å². The van der Waals surface area contributed by atoms with Gasteiger partial charge in [-0.2, -0.15) is 11.8 Å². The van der Waals surface area contributed by atoms with Gasteiger partial charge in [-0.3, -0.25) is 0 Å². The summed E-state index contributed by atoms with van der Waals surface area (Å²) in [6.45, 7) is 0.984. The standard InChI is InChI=1S/C24H25NS/c1-4-11-21(12-5-1)13-10-19-26-20-18-25-24(22-14-6-2-7-15-22)23-16-8-3-9-17-23/h1-17,24-25H,18-20H2/b13-10+. The molecule has 0 bridgehead atoms. The molecule has 0 aliphatic rings. The van der Waals surface area contributed by atoms with Crippen molar-refractivity contribution in [3.05, 3.63) is 114 Å². The number of thioether (sulfide) groups is 1. The molecular formula is C24H25NS. The molecular weight excluding hydrogens is 334 g/mol. The van der Waals surface area contributed by atoms with Crippen LogP contribution in [0.2, 0.25) is 0 Å². The lowest BCUT2D eigenvalue weighted by Crippen LogP contribution is -2.24. The second kappa shape index (κ2) is 10.6. The third-order valence-corrected chi connectivity index (χ3v) is 5.11. The van der Waals surface area contributed by atoms with E-state index in [1.54, 1.807) is 0 Å². The van der Waals surface area contributed by atoms with Crippen molar-refractivity contribution in [2.45, 2.75) is 6.04 Å². The SMILES string of the molecule is C(=C\c1ccccc1)/CSCCNC(c1ccccc1)c1ccccc1. The first kappa shape index (κ1) is 18.5. The molecule has 3 rings (SSSR count). The number of nitrogens with one attached hydrogen (secondary N) is 1. The first-order valence-electron chi connectivity index (χ1n) is 9.06. The molecule has 0 unspecified atom stereocenters. The van der Waals surface area contributed by atoms with Crippen molar-refractivity contribution in [2.75, 3.05) is 18.1 Å². The summed E-state index contributed by atoms with van der Waals surface area (Å²) in [4.78, 5) is 0. The fourth-order valence-electron chi connectivity index (χ4n) is 2.89. The zero-order chi connectivity index (χ0) is 17.9. The Kier molecular flexibility index (Phi) is 7.57. The minimum atomic E-state index is 0.248. The van der Waals surface area contributed by atoms with Crippen LogP contribution >= 0.6 is 11.8 Å². The van der Waals surface area contributed by atoms with Gasteiger partial charge >= 0.3 is 0 Å². The quantitative estimate of drug-likeness (QED) is 0.484. The summed E-state index contributed by atoms with van der Waals surface area (Å²) in [6.07, 6.45) is 4.43. The van der Waals surface area contributed by atoms with Gasteiger partial charge in [0, 0.05) is 18.1 Å². The summed E-state index contributed by atoms with van der Waals surface area (Å²) in [7, 11) is 0. The molecule has 0 atom stereocenters. The molecule has 0 aliphatic carbocycles. The molecule has 26 heavy (non-hydrogen) atoms. The van der Waals surface area contributed by atoms with E-state index < -0.39 is 0 Å². The maximum absolute atomic E-state index is 3.72. The summed E-state index contributed by atoms with van der Waals surface area (Å²) in [5.74, 6) is 2.13. The summed E-state index contributed by atoms with van der Waals surface area (Å²) in [6, 6.07) is 32.1. The largest absolute Gasteiger partial charge is 0.305 e. The first-order valence-corrected chi connectivity index (χ1v) is 10.2. The predicted molar refractivity (Wildman–Crippen MR) is 116 cm³/mol. The maximum atomic E-state index is 3.72. The zero-order valence-electron chi connectivity index (χ0n) is 14.9. The molecule has 0 fully saturated rings. The van der Waals surface area contributed by atoms with E-state index in [9.17, 15) is 0 Å². The van der Waals surface area contributed by atoms with Gasteiger partial charge in [0.2, 0.25) is 0 Å². The van der Waals surface area contributed by atoms with E-state index in [2.05, 4.69) is 102 Å². The van der Waals surface area contributed by atoms with Crippen LogP contribution in [0.1, 0.15) is 22.7 Å². The lowest BCUT2D eigenvalue weighted by molar-refractivity contribution is 0.634. The summed E-state index contributed by atoms with van der Waals surface area (Å²) < 4.78 is 0. The Morgan fingerprint density at radius 3 is 1.85 bits per heavy atom. The smallest absolute Gasteiger partial charge is 0.0576 e. The Bertz CT molecular complexity index is 730. The van der Waals surface area contributed by atoms with Gasteiger partial charge in [0.15, 0.2) is 0 Å². The molecule has 0 radical (unpaired) electrons. The van der Waals surface area contributed by atoms with Crippen molar-refractivity contribution in [2.24, 2.45) is 0 Å². The monoisotopic (exact) mass is 359 g/mol. The van der Waals surface area contributed by atoms with Crippen molar-refractivity contribution in [1.82, 2.24) is 5.32 Å². The minimum Gasteiger partial charge on any atom is -0.305 e. The average molecular weight is 360 g/mol. The number of hydrogen-bond donors (Lipinski definition) is 1. The lowest BCUT2D eigenvalue weighted by atomic mass is 9.99. The number of benzene rings is 3. The molecule has 0 aromatic heterocycles. The van der Waals surface area contributed by atoms with Gasteiger partial charge in [0.1, 0.15) is 0 Å². The maximum Gasteiger partial charge on any atom is 0.0576 e. The van der Waals surface area contributed by atoms with Gasteiger partial charge < -0.3 is 5.32 Å². The highest BCUT2D eigenvalue weighted by Crippen LogP contribution is 2.21. The topological polar surface area (TPSA) is 12.0 Å².